The number of hydrogen-bond donors (Lipinski definition) is 2. The van der Waals surface area contributed by atoms with Crippen molar-refractivity contribution >= 4 is 18.0 Å². The van der Waals surface area contributed by atoms with Gasteiger partial charge in [0, 0.05) is 12.5 Å². The second-order valence-corrected chi connectivity index (χ2v) is 6.09. The molecule has 2 amide bonds. The Morgan fingerprint density at radius 1 is 1.43 bits per heavy atom. The molecule has 7 nitrogen and oxygen atoms in total. The van der Waals surface area contributed by atoms with Crippen molar-refractivity contribution in [2.75, 3.05) is 13.7 Å². The molecule has 1 aliphatic rings. The molecule has 120 valence electrons. The van der Waals surface area contributed by atoms with E-state index in [-0.39, 0.29) is 18.2 Å². The average Bonchev–Trinajstić information content (AvgIpc) is 2.37. The Labute approximate surface area is 124 Å². The number of esters is 1. The highest BCUT2D eigenvalue weighted by Crippen LogP contribution is 2.18. The van der Waals surface area contributed by atoms with Gasteiger partial charge in [0.25, 0.3) is 0 Å². The van der Waals surface area contributed by atoms with Crippen LogP contribution in [0.2, 0.25) is 0 Å². The van der Waals surface area contributed by atoms with Crippen molar-refractivity contribution in [1.29, 1.82) is 0 Å². The van der Waals surface area contributed by atoms with Gasteiger partial charge in [-0.3, -0.25) is 4.79 Å². The van der Waals surface area contributed by atoms with E-state index < -0.39 is 23.7 Å². The Bertz CT molecular complexity index is 403. The molecule has 0 aromatic rings. The van der Waals surface area contributed by atoms with E-state index in [0.29, 0.717) is 13.0 Å². The summed E-state index contributed by atoms with van der Waals surface area (Å²) in [6, 6.07) is -0.890. The first-order valence-corrected chi connectivity index (χ1v) is 7.08. The van der Waals surface area contributed by atoms with Crippen LogP contribution in [0.25, 0.3) is 0 Å². The van der Waals surface area contributed by atoms with Crippen LogP contribution in [-0.2, 0) is 19.1 Å². The number of nitrogens with one attached hydrogen (secondary N) is 2. The van der Waals surface area contributed by atoms with Crippen LogP contribution in [0.1, 0.15) is 40.0 Å². The molecule has 0 bridgehead atoms. The lowest BCUT2D eigenvalue weighted by atomic mass is 9.91. The van der Waals surface area contributed by atoms with Crippen LogP contribution in [0.15, 0.2) is 0 Å². The number of piperidine rings is 1. The van der Waals surface area contributed by atoms with E-state index >= 15 is 0 Å². The first-order valence-electron chi connectivity index (χ1n) is 7.08. The van der Waals surface area contributed by atoms with E-state index in [1.165, 1.54) is 7.11 Å². The minimum Gasteiger partial charge on any atom is -0.467 e. The number of alkyl carbamates (subject to hydrolysis) is 1. The van der Waals surface area contributed by atoms with Crippen LogP contribution in [0.4, 0.5) is 4.79 Å². The molecule has 1 fully saturated rings. The fourth-order valence-electron chi connectivity index (χ4n) is 2.15. The van der Waals surface area contributed by atoms with E-state index in [2.05, 4.69) is 15.4 Å². The topological polar surface area (TPSA) is 93.7 Å². The lowest BCUT2D eigenvalue weighted by molar-refractivity contribution is -0.144. The zero-order chi connectivity index (χ0) is 16.0. The van der Waals surface area contributed by atoms with Crippen molar-refractivity contribution < 1.29 is 23.9 Å². The van der Waals surface area contributed by atoms with Gasteiger partial charge < -0.3 is 20.1 Å². The lowest BCUT2D eigenvalue weighted by Crippen LogP contribution is -2.47. The number of rotatable bonds is 4. The highest BCUT2D eigenvalue weighted by atomic mass is 16.6. The molecule has 1 aliphatic heterocycles. The van der Waals surface area contributed by atoms with E-state index in [4.69, 9.17) is 4.74 Å². The molecule has 2 atom stereocenters. The number of amides is 2. The van der Waals surface area contributed by atoms with Crippen molar-refractivity contribution in [3.05, 3.63) is 0 Å². The zero-order valence-corrected chi connectivity index (χ0v) is 13.0. The van der Waals surface area contributed by atoms with Crippen LogP contribution in [-0.4, -0.2) is 43.3 Å². The van der Waals surface area contributed by atoms with Gasteiger partial charge in [-0.1, -0.05) is 0 Å². The molecule has 0 aliphatic carbocycles. The van der Waals surface area contributed by atoms with E-state index in [1.807, 2.05) is 0 Å². The summed E-state index contributed by atoms with van der Waals surface area (Å²) in [5.41, 5.74) is -0.660. The van der Waals surface area contributed by atoms with Gasteiger partial charge in [0.1, 0.15) is 11.6 Å². The first-order chi connectivity index (χ1) is 9.73. The summed E-state index contributed by atoms with van der Waals surface area (Å²) < 4.78 is 9.80. The maximum Gasteiger partial charge on any atom is 0.408 e. The van der Waals surface area contributed by atoms with Gasteiger partial charge in [-0.15, -0.1) is 0 Å². The van der Waals surface area contributed by atoms with Gasteiger partial charge in [-0.05, 0) is 40.0 Å². The summed E-state index contributed by atoms with van der Waals surface area (Å²) in [6.07, 6.45) is 1.05. The molecule has 7 heteroatoms. The van der Waals surface area contributed by atoms with Gasteiger partial charge in [-0.2, -0.15) is 0 Å². The van der Waals surface area contributed by atoms with Gasteiger partial charge >= 0.3 is 12.1 Å². The number of hydrogen-bond acceptors (Lipinski definition) is 5. The Kier molecular flexibility index (Phi) is 5.99. The van der Waals surface area contributed by atoms with Crippen LogP contribution in [0, 0.1) is 5.92 Å². The van der Waals surface area contributed by atoms with E-state index in [0.717, 1.165) is 6.42 Å². The monoisotopic (exact) mass is 300 g/mol. The molecule has 1 saturated heterocycles. The third-order valence-corrected chi connectivity index (χ3v) is 3.10. The van der Waals surface area contributed by atoms with Crippen LogP contribution < -0.4 is 10.6 Å². The number of carbonyl (C=O) groups excluding carboxylic acids is 3. The largest absolute Gasteiger partial charge is 0.467 e. The molecular weight excluding hydrogens is 276 g/mol. The molecule has 1 rings (SSSR count). The van der Waals surface area contributed by atoms with Crippen molar-refractivity contribution in [1.82, 2.24) is 10.6 Å². The molecule has 0 aromatic carbocycles. The molecule has 2 N–H and O–H groups in total. The van der Waals surface area contributed by atoms with Crippen molar-refractivity contribution in [3.63, 3.8) is 0 Å². The molecule has 0 spiro atoms. The Hall–Kier alpha value is -1.79. The van der Waals surface area contributed by atoms with Crippen LogP contribution in [0.5, 0.6) is 0 Å². The molecule has 21 heavy (non-hydrogen) atoms. The summed E-state index contributed by atoms with van der Waals surface area (Å²) in [7, 11) is 1.24. The zero-order valence-electron chi connectivity index (χ0n) is 13.0. The van der Waals surface area contributed by atoms with Gasteiger partial charge in [0.05, 0.1) is 7.11 Å². The number of carbonyl (C=O) groups is 3. The normalized spacial score (nSPS) is 20.2. The molecule has 0 saturated carbocycles. The van der Waals surface area contributed by atoms with Crippen molar-refractivity contribution in [3.8, 4) is 0 Å². The SMILES string of the molecule is COC(=O)C(CC1CCCNC1=O)NC(=O)OC(C)(C)C. The minimum atomic E-state index is -0.890. The summed E-state index contributed by atoms with van der Waals surface area (Å²) in [5.74, 6) is -0.988. The maximum atomic E-state index is 11.8. The van der Waals surface area contributed by atoms with E-state index in [9.17, 15) is 14.4 Å². The molecular formula is C14H24N2O5. The van der Waals surface area contributed by atoms with Gasteiger partial charge in [0.2, 0.25) is 5.91 Å². The number of methoxy groups -OCH3 is 1. The Morgan fingerprint density at radius 3 is 2.62 bits per heavy atom. The Balaban J connectivity index is 2.65. The molecule has 0 aromatic heterocycles. The standard InChI is InChI=1S/C14H24N2O5/c1-14(2,3)21-13(19)16-10(12(18)20-4)8-9-6-5-7-15-11(9)17/h9-10H,5-8H2,1-4H3,(H,15,17)(H,16,19). The predicted octanol–water partition coefficient (Wildman–Crippen LogP) is 0.969. The fraction of sp³-hybridized carbons (Fsp3) is 0.786. The third kappa shape index (κ3) is 6.01. The number of ether oxygens (including phenoxy) is 2. The molecule has 2 unspecified atom stereocenters. The summed E-state index contributed by atoms with van der Waals surface area (Å²) in [5, 5.41) is 5.23. The predicted molar refractivity (Wildman–Crippen MR) is 75.5 cm³/mol. The van der Waals surface area contributed by atoms with Crippen molar-refractivity contribution in [2.45, 2.75) is 51.7 Å². The smallest absolute Gasteiger partial charge is 0.408 e. The second kappa shape index (κ2) is 7.28. The van der Waals surface area contributed by atoms with Crippen molar-refractivity contribution in [2.24, 2.45) is 5.92 Å². The summed E-state index contributed by atoms with van der Waals surface area (Å²) in [4.78, 5) is 35.3. The average molecular weight is 300 g/mol. The Morgan fingerprint density at radius 2 is 2.10 bits per heavy atom. The minimum absolute atomic E-state index is 0.0962. The van der Waals surface area contributed by atoms with Crippen LogP contribution in [0.3, 0.4) is 0 Å². The van der Waals surface area contributed by atoms with Gasteiger partial charge in [0.15, 0.2) is 0 Å². The quantitative estimate of drug-likeness (QED) is 0.755. The molecule has 0 radical (unpaired) electrons. The van der Waals surface area contributed by atoms with Crippen LogP contribution >= 0.6 is 0 Å². The highest BCUT2D eigenvalue weighted by molar-refractivity contribution is 5.84. The first kappa shape index (κ1) is 17.3. The molecule has 1 heterocycles. The maximum absolute atomic E-state index is 11.8. The van der Waals surface area contributed by atoms with E-state index in [1.54, 1.807) is 20.8 Å². The van der Waals surface area contributed by atoms with Gasteiger partial charge in [-0.25, -0.2) is 9.59 Å². The summed E-state index contributed by atoms with van der Waals surface area (Å²) in [6.45, 7) is 5.84. The second-order valence-electron chi connectivity index (χ2n) is 6.09. The summed E-state index contributed by atoms with van der Waals surface area (Å²) >= 11 is 0. The highest BCUT2D eigenvalue weighted by Gasteiger charge is 2.31. The lowest BCUT2D eigenvalue weighted by Gasteiger charge is -2.26. The third-order valence-electron chi connectivity index (χ3n) is 3.10. The fourth-order valence-corrected chi connectivity index (χ4v) is 2.15.